The number of alkyl halides is 2. The Bertz CT molecular complexity index is 1030. The molecule has 3 rings (SSSR count). The highest BCUT2D eigenvalue weighted by atomic mass is 19.3. The summed E-state index contributed by atoms with van der Waals surface area (Å²) in [6.07, 6.45) is 1.26. The second-order valence-electron chi connectivity index (χ2n) is 5.29. The van der Waals surface area contributed by atoms with Crippen molar-refractivity contribution in [2.24, 2.45) is 5.10 Å². The Morgan fingerprint density at radius 2 is 1.96 bits per heavy atom. The fourth-order valence-corrected chi connectivity index (χ4v) is 2.50. The van der Waals surface area contributed by atoms with Gasteiger partial charge in [0.1, 0.15) is 5.82 Å². The van der Waals surface area contributed by atoms with Gasteiger partial charge in [-0.05, 0) is 31.2 Å². The van der Waals surface area contributed by atoms with Crippen LogP contribution >= 0.6 is 0 Å². The highest BCUT2D eigenvalue weighted by molar-refractivity contribution is 5.85. The lowest BCUT2D eigenvalue weighted by Crippen LogP contribution is -2.20. The van der Waals surface area contributed by atoms with Crippen LogP contribution in [0.2, 0.25) is 0 Å². The Labute approximate surface area is 147 Å². The standard InChI is InChI=1S/C18H15F2N3O3/c1-11-22-14-8-4-3-7-13(14)17(24)23(11)21-10-12-6-5-9-15(25-2)16(12)26-18(19)20/h3-10,18H,1-2H3/b21-10-. The van der Waals surface area contributed by atoms with Gasteiger partial charge in [-0.25, -0.2) is 4.98 Å². The Morgan fingerprint density at radius 3 is 2.69 bits per heavy atom. The van der Waals surface area contributed by atoms with Crippen LogP contribution in [0.3, 0.4) is 0 Å². The largest absolute Gasteiger partial charge is 0.493 e. The first kappa shape index (κ1) is 17.5. The molecule has 0 N–H and O–H groups in total. The van der Waals surface area contributed by atoms with Gasteiger partial charge >= 0.3 is 6.61 Å². The van der Waals surface area contributed by atoms with Crippen LogP contribution in [-0.2, 0) is 0 Å². The molecule has 0 spiro atoms. The van der Waals surface area contributed by atoms with Crippen molar-refractivity contribution < 1.29 is 18.3 Å². The van der Waals surface area contributed by atoms with Crippen molar-refractivity contribution in [1.82, 2.24) is 9.66 Å². The number of aromatic nitrogens is 2. The second kappa shape index (κ2) is 7.30. The lowest BCUT2D eigenvalue weighted by Gasteiger charge is -2.12. The first-order valence-corrected chi connectivity index (χ1v) is 7.66. The van der Waals surface area contributed by atoms with Crippen LogP contribution in [0.1, 0.15) is 11.4 Å². The maximum Gasteiger partial charge on any atom is 0.387 e. The van der Waals surface area contributed by atoms with Gasteiger partial charge in [0, 0.05) is 5.56 Å². The molecule has 0 atom stereocenters. The van der Waals surface area contributed by atoms with Crippen LogP contribution < -0.4 is 15.0 Å². The summed E-state index contributed by atoms with van der Waals surface area (Å²) in [5.74, 6) is 0.340. The number of hydrogen-bond donors (Lipinski definition) is 0. The van der Waals surface area contributed by atoms with Gasteiger partial charge in [-0.15, -0.1) is 0 Å². The minimum atomic E-state index is -3.02. The summed E-state index contributed by atoms with van der Waals surface area (Å²) in [5, 5.41) is 4.51. The normalized spacial score (nSPS) is 11.4. The molecule has 3 aromatic rings. The smallest absolute Gasteiger partial charge is 0.387 e. The van der Waals surface area contributed by atoms with Crippen LogP contribution in [0, 0.1) is 6.92 Å². The van der Waals surface area contributed by atoms with E-state index in [-0.39, 0.29) is 22.6 Å². The number of methoxy groups -OCH3 is 1. The fourth-order valence-electron chi connectivity index (χ4n) is 2.50. The molecule has 0 aliphatic carbocycles. The van der Waals surface area contributed by atoms with Crippen molar-refractivity contribution in [1.29, 1.82) is 0 Å². The lowest BCUT2D eigenvalue weighted by molar-refractivity contribution is -0.0513. The van der Waals surface area contributed by atoms with E-state index in [4.69, 9.17) is 4.74 Å². The predicted octanol–water partition coefficient (Wildman–Crippen LogP) is 3.20. The third-order valence-electron chi connectivity index (χ3n) is 3.66. The molecule has 2 aromatic carbocycles. The molecule has 0 saturated heterocycles. The van der Waals surface area contributed by atoms with Gasteiger partial charge in [-0.1, -0.05) is 18.2 Å². The summed E-state index contributed by atoms with van der Waals surface area (Å²) < 4.78 is 36.1. The van der Waals surface area contributed by atoms with E-state index in [9.17, 15) is 13.6 Å². The van der Waals surface area contributed by atoms with E-state index in [0.717, 1.165) is 4.68 Å². The molecule has 0 saturated carbocycles. The summed E-state index contributed by atoms with van der Waals surface area (Å²) in [4.78, 5) is 16.9. The summed E-state index contributed by atoms with van der Waals surface area (Å²) in [5.41, 5.74) is 0.442. The first-order chi connectivity index (χ1) is 12.5. The number of benzene rings is 2. The molecule has 1 heterocycles. The number of fused-ring (bicyclic) bond motifs is 1. The van der Waals surface area contributed by atoms with E-state index in [1.54, 1.807) is 37.3 Å². The lowest BCUT2D eigenvalue weighted by atomic mass is 10.2. The molecule has 0 amide bonds. The summed E-state index contributed by atoms with van der Waals surface area (Å²) >= 11 is 0. The third-order valence-corrected chi connectivity index (χ3v) is 3.66. The quantitative estimate of drug-likeness (QED) is 0.656. The van der Waals surface area contributed by atoms with E-state index in [1.807, 2.05) is 0 Å². The van der Waals surface area contributed by atoms with Gasteiger partial charge in [-0.3, -0.25) is 4.79 Å². The average molecular weight is 359 g/mol. The third kappa shape index (κ3) is 3.39. The summed E-state index contributed by atoms with van der Waals surface area (Å²) in [6, 6.07) is 11.5. The van der Waals surface area contributed by atoms with Gasteiger partial charge in [0.05, 0.1) is 24.2 Å². The SMILES string of the molecule is COc1cccc(/C=N\n2c(C)nc3ccccc3c2=O)c1OC(F)F. The van der Waals surface area contributed by atoms with E-state index in [1.165, 1.54) is 25.5 Å². The monoisotopic (exact) mass is 359 g/mol. The Morgan fingerprint density at radius 1 is 1.19 bits per heavy atom. The summed E-state index contributed by atoms with van der Waals surface area (Å²) in [6.45, 7) is -1.39. The molecule has 0 aliphatic rings. The molecule has 0 aliphatic heterocycles. The van der Waals surface area contributed by atoms with E-state index in [0.29, 0.717) is 16.7 Å². The Balaban J connectivity index is 2.09. The van der Waals surface area contributed by atoms with Gasteiger partial charge in [0.15, 0.2) is 11.5 Å². The first-order valence-electron chi connectivity index (χ1n) is 7.66. The minimum absolute atomic E-state index is 0.134. The van der Waals surface area contributed by atoms with E-state index < -0.39 is 6.61 Å². The van der Waals surface area contributed by atoms with Crippen LogP contribution in [0.5, 0.6) is 11.5 Å². The molecule has 0 fully saturated rings. The number of rotatable bonds is 5. The van der Waals surface area contributed by atoms with Crippen LogP contribution in [0.15, 0.2) is 52.4 Å². The maximum absolute atomic E-state index is 12.7. The molecule has 0 radical (unpaired) electrons. The van der Waals surface area contributed by atoms with Crippen molar-refractivity contribution in [2.45, 2.75) is 13.5 Å². The van der Waals surface area contributed by atoms with Crippen molar-refractivity contribution in [3.63, 3.8) is 0 Å². The van der Waals surface area contributed by atoms with Crippen LogP contribution in [0.4, 0.5) is 8.78 Å². The predicted molar refractivity (Wildman–Crippen MR) is 93.4 cm³/mol. The molecular weight excluding hydrogens is 344 g/mol. The molecule has 1 aromatic heterocycles. The van der Waals surface area contributed by atoms with Gasteiger partial charge in [0.25, 0.3) is 5.56 Å². The maximum atomic E-state index is 12.7. The molecule has 8 heteroatoms. The second-order valence-corrected chi connectivity index (χ2v) is 5.29. The zero-order chi connectivity index (χ0) is 18.7. The molecule has 0 unspecified atom stereocenters. The zero-order valence-corrected chi connectivity index (χ0v) is 14.0. The molecular formula is C18H15F2N3O3. The fraction of sp³-hybridized carbons (Fsp3) is 0.167. The van der Waals surface area contributed by atoms with Crippen molar-refractivity contribution in [3.05, 3.63) is 64.2 Å². The average Bonchev–Trinajstić information content (AvgIpc) is 2.62. The van der Waals surface area contributed by atoms with Crippen LogP contribution in [0.25, 0.3) is 10.9 Å². The number of ether oxygens (including phenoxy) is 2. The van der Waals surface area contributed by atoms with Crippen molar-refractivity contribution >= 4 is 17.1 Å². The highest BCUT2D eigenvalue weighted by Crippen LogP contribution is 2.31. The zero-order valence-electron chi connectivity index (χ0n) is 14.0. The van der Waals surface area contributed by atoms with E-state index in [2.05, 4.69) is 14.8 Å². The number of para-hydroxylation sites is 2. The van der Waals surface area contributed by atoms with E-state index >= 15 is 0 Å². The van der Waals surface area contributed by atoms with Gasteiger partial charge in [-0.2, -0.15) is 18.6 Å². The molecule has 134 valence electrons. The van der Waals surface area contributed by atoms with Gasteiger partial charge < -0.3 is 9.47 Å². The highest BCUT2D eigenvalue weighted by Gasteiger charge is 2.14. The van der Waals surface area contributed by atoms with Crippen molar-refractivity contribution in [2.75, 3.05) is 7.11 Å². The molecule has 26 heavy (non-hydrogen) atoms. The molecule has 6 nitrogen and oxygen atoms in total. The number of aryl methyl sites for hydroxylation is 1. The molecule has 0 bridgehead atoms. The summed E-state index contributed by atoms with van der Waals surface area (Å²) in [7, 11) is 1.34. The topological polar surface area (TPSA) is 65.7 Å². The number of hydrogen-bond acceptors (Lipinski definition) is 5. The number of halogens is 2. The van der Waals surface area contributed by atoms with Crippen LogP contribution in [-0.4, -0.2) is 29.6 Å². The Hall–Kier alpha value is -3.29. The Kier molecular flexibility index (Phi) is 4.92. The van der Waals surface area contributed by atoms with Crippen molar-refractivity contribution in [3.8, 4) is 11.5 Å². The van der Waals surface area contributed by atoms with Gasteiger partial charge in [0.2, 0.25) is 0 Å². The minimum Gasteiger partial charge on any atom is -0.493 e. The number of nitrogens with zero attached hydrogens (tertiary/aromatic N) is 3.